The van der Waals surface area contributed by atoms with Gasteiger partial charge in [0, 0.05) is 17.2 Å². The van der Waals surface area contributed by atoms with Crippen LogP contribution in [0.15, 0.2) is 35.6 Å². The van der Waals surface area contributed by atoms with E-state index in [1.165, 1.54) is 28.5 Å². The first-order valence-corrected chi connectivity index (χ1v) is 8.54. The minimum Gasteiger partial charge on any atom is -0.298 e. The smallest absolute Gasteiger partial charge is 0.188 e. The first-order valence-electron chi connectivity index (χ1n) is 7.55. The van der Waals surface area contributed by atoms with Crippen LogP contribution in [-0.2, 0) is 17.6 Å². The third-order valence-corrected chi connectivity index (χ3v) is 4.81. The van der Waals surface area contributed by atoms with Crippen LogP contribution in [0, 0.1) is 5.41 Å². The fourth-order valence-electron chi connectivity index (χ4n) is 2.46. The van der Waals surface area contributed by atoms with Gasteiger partial charge in [0.15, 0.2) is 5.16 Å². The third-order valence-electron chi connectivity index (χ3n) is 3.95. The van der Waals surface area contributed by atoms with Gasteiger partial charge in [0.2, 0.25) is 0 Å². The molecule has 0 amide bonds. The van der Waals surface area contributed by atoms with Crippen LogP contribution in [0.1, 0.15) is 31.9 Å². The molecule has 0 bridgehead atoms. The van der Waals surface area contributed by atoms with Crippen LogP contribution in [0.25, 0.3) is 11.3 Å². The highest BCUT2D eigenvalue weighted by Gasteiger charge is 2.22. The number of nitrogens with zero attached hydrogens (tertiary/aromatic N) is 2. The molecule has 0 saturated carbocycles. The number of hydrogen-bond donors (Lipinski definition) is 0. The molecule has 0 spiro atoms. The maximum absolute atomic E-state index is 12.0. The van der Waals surface area contributed by atoms with Gasteiger partial charge in [-0.05, 0) is 24.0 Å². The molecule has 0 saturated heterocycles. The zero-order valence-electron chi connectivity index (χ0n) is 13.2. The van der Waals surface area contributed by atoms with Gasteiger partial charge in [0.1, 0.15) is 5.78 Å². The van der Waals surface area contributed by atoms with E-state index >= 15 is 0 Å². The molecule has 0 unspecified atom stereocenters. The van der Waals surface area contributed by atoms with Gasteiger partial charge < -0.3 is 0 Å². The molecule has 3 nitrogen and oxygen atoms in total. The maximum Gasteiger partial charge on any atom is 0.188 e. The summed E-state index contributed by atoms with van der Waals surface area (Å²) in [7, 11) is 0. The standard InChI is InChI=1S/C18H20N2OS/c1-18(2,3)15(21)11-22-17-19-10-13-9-8-12-6-4-5-7-14(12)16(13)20-17/h4-7,10H,8-9,11H2,1-3H3. The number of thioether (sulfide) groups is 1. The lowest BCUT2D eigenvalue weighted by atomic mass is 9.90. The molecular formula is C18H20N2OS. The summed E-state index contributed by atoms with van der Waals surface area (Å²) in [6.07, 6.45) is 3.95. The summed E-state index contributed by atoms with van der Waals surface area (Å²) in [6, 6.07) is 8.40. The van der Waals surface area contributed by atoms with Gasteiger partial charge in [0.05, 0.1) is 11.4 Å². The van der Waals surface area contributed by atoms with Gasteiger partial charge in [-0.1, -0.05) is 56.8 Å². The lowest BCUT2D eigenvalue weighted by molar-refractivity contribution is -0.123. The Morgan fingerprint density at radius 3 is 2.68 bits per heavy atom. The average Bonchev–Trinajstić information content (AvgIpc) is 2.51. The quantitative estimate of drug-likeness (QED) is 0.636. The van der Waals surface area contributed by atoms with Crippen LogP contribution in [-0.4, -0.2) is 21.5 Å². The van der Waals surface area contributed by atoms with E-state index in [1.807, 2.05) is 33.0 Å². The van der Waals surface area contributed by atoms with Crippen molar-refractivity contribution in [3.05, 3.63) is 41.6 Å². The van der Waals surface area contributed by atoms with Gasteiger partial charge in [-0.25, -0.2) is 9.97 Å². The monoisotopic (exact) mass is 312 g/mol. The zero-order valence-corrected chi connectivity index (χ0v) is 14.0. The fourth-order valence-corrected chi connectivity index (χ4v) is 3.44. The SMILES string of the molecule is CC(C)(C)C(=O)CSc1ncc2c(n1)-c1ccccc1CC2. The number of carbonyl (C=O) groups is 1. The number of fused-ring (bicyclic) bond motifs is 3. The van der Waals surface area contributed by atoms with E-state index in [2.05, 4.69) is 23.2 Å². The molecule has 0 fully saturated rings. The fraction of sp³-hybridized carbons (Fsp3) is 0.389. The number of ketones is 1. The molecule has 4 heteroatoms. The van der Waals surface area contributed by atoms with E-state index in [0.29, 0.717) is 10.9 Å². The minimum atomic E-state index is -0.312. The second kappa shape index (κ2) is 5.84. The van der Waals surface area contributed by atoms with Crippen LogP contribution in [0.2, 0.25) is 0 Å². The first-order chi connectivity index (χ1) is 10.4. The van der Waals surface area contributed by atoms with Crippen molar-refractivity contribution in [1.29, 1.82) is 0 Å². The second-order valence-corrected chi connectivity index (χ2v) is 7.59. The minimum absolute atomic E-state index is 0.222. The molecule has 0 radical (unpaired) electrons. The number of aryl methyl sites for hydroxylation is 2. The van der Waals surface area contributed by atoms with E-state index in [1.54, 1.807) is 0 Å². The summed E-state index contributed by atoms with van der Waals surface area (Å²) >= 11 is 1.43. The van der Waals surface area contributed by atoms with Gasteiger partial charge in [-0.2, -0.15) is 0 Å². The Morgan fingerprint density at radius 2 is 1.91 bits per heavy atom. The Balaban J connectivity index is 1.84. The molecule has 22 heavy (non-hydrogen) atoms. The van der Waals surface area contributed by atoms with Crippen molar-refractivity contribution in [1.82, 2.24) is 9.97 Å². The Labute approximate surface area is 135 Å². The molecular weight excluding hydrogens is 292 g/mol. The zero-order chi connectivity index (χ0) is 15.7. The average molecular weight is 312 g/mol. The Morgan fingerprint density at radius 1 is 1.18 bits per heavy atom. The molecule has 0 aliphatic heterocycles. The van der Waals surface area contributed by atoms with Crippen LogP contribution >= 0.6 is 11.8 Å². The van der Waals surface area contributed by atoms with E-state index in [-0.39, 0.29) is 11.2 Å². The maximum atomic E-state index is 12.0. The summed E-state index contributed by atoms with van der Waals surface area (Å²) in [6.45, 7) is 5.83. The molecule has 0 atom stereocenters. The van der Waals surface area contributed by atoms with Gasteiger partial charge in [0.25, 0.3) is 0 Å². The third kappa shape index (κ3) is 3.07. The highest BCUT2D eigenvalue weighted by Crippen LogP contribution is 2.32. The highest BCUT2D eigenvalue weighted by atomic mass is 32.2. The van der Waals surface area contributed by atoms with E-state index in [9.17, 15) is 4.79 Å². The largest absolute Gasteiger partial charge is 0.298 e. The molecule has 1 aromatic heterocycles. The van der Waals surface area contributed by atoms with E-state index in [0.717, 1.165) is 18.5 Å². The molecule has 114 valence electrons. The van der Waals surface area contributed by atoms with Gasteiger partial charge >= 0.3 is 0 Å². The van der Waals surface area contributed by atoms with Crippen molar-refractivity contribution in [2.45, 2.75) is 38.8 Å². The molecule has 0 N–H and O–H groups in total. The molecule has 3 rings (SSSR count). The normalized spacial score (nSPS) is 13.4. The van der Waals surface area contributed by atoms with Crippen LogP contribution in [0.3, 0.4) is 0 Å². The lowest BCUT2D eigenvalue weighted by Crippen LogP contribution is -2.22. The van der Waals surface area contributed by atoms with Crippen molar-refractivity contribution >= 4 is 17.5 Å². The van der Waals surface area contributed by atoms with Crippen molar-refractivity contribution in [2.75, 3.05) is 5.75 Å². The Bertz CT molecular complexity index is 719. The van der Waals surface area contributed by atoms with Crippen molar-refractivity contribution in [2.24, 2.45) is 5.41 Å². The molecule has 1 aromatic carbocycles. The van der Waals surface area contributed by atoms with Gasteiger partial charge in [-0.3, -0.25) is 4.79 Å². The van der Waals surface area contributed by atoms with Crippen LogP contribution in [0.5, 0.6) is 0 Å². The summed E-state index contributed by atoms with van der Waals surface area (Å²) < 4.78 is 0. The number of aromatic nitrogens is 2. The lowest BCUT2D eigenvalue weighted by Gasteiger charge is -2.19. The van der Waals surface area contributed by atoms with E-state index in [4.69, 9.17) is 4.98 Å². The van der Waals surface area contributed by atoms with Crippen molar-refractivity contribution in [3.63, 3.8) is 0 Å². The summed E-state index contributed by atoms with van der Waals surface area (Å²) in [5.74, 6) is 0.642. The van der Waals surface area contributed by atoms with Gasteiger partial charge in [-0.15, -0.1) is 0 Å². The van der Waals surface area contributed by atoms with Crippen LogP contribution in [0.4, 0.5) is 0 Å². The molecule has 2 aromatic rings. The Kier molecular flexibility index (Phi) is 4.04. The topological polar surface area (TPSA) is 42.9 Å². The molecule has 1 heterocycles. The summed E-state index contributed by atoms with van der Waals surface area (Å²) in [5, 5.41) is 0.688. The predicted molar refractivity (Wildman–Crippen MR) is 90.1 cm³/mol. The van der Waals surface area contributed by atoms with Crippen LogP contribution < -0.4 is 0 Å². The summed E-state index contributed by atoms with van der Waals surface area (Å²) in [5.41, 5.74) is 4.46. The second-order valence-electron chi connectivity index (χ2n) is 6.65. The number of benzene rings is 1. The number of rotatable bonds is 3. The Hall–Kier alpha value is -1.68. The van der Waals surface area contributed by atoms with Crippen molar-refractivity contribution in [3.8, 4) is 11.3 Å². The number of Topliss-reactive ketones (excluding diaryl/α,β-unsaturated/α-hetero) is 1. The predicted octanol–water partition coefficient (Wildman–Crippen LogP) is 3.95. The summed E-state index contributed by atoms with van der Waals surface area (Å²) in [4.78, 5) is 21.2. The number of hydrogen-bond acceptors (Lipinski definition) is 4. The highest BCUT2D eigenvalue weighted by molar-refractivity contribution is 7.99. The first kappa shape index (κ1) is 15.2. The van der Waals surface area contributed by atoms with Crippen molar-refractivity contribution < 1.29 is 4.79 Å². The molecule has 1 aliphatic carbocycles. The molecule has 1 aliphatic rings. The van der Waals surface area contributed by atoms with E-state index < -0.39 is 0 Å². The number of carbonyl (C=O) groups excluding carboxylic acids is 1.